The van der Waals surface area contributed by atoms with Gasteiger partial charge in [0.2, 0.25) is 10.0 Å². The summed E-state index contributed by atoms with van der Waals surface area (Å²) in [6.45, 7) is 0.346. The molecule has 0 fully saturated rings. The molecule has 0 radical (unpaired) electrons. The zero-order valence-electron chi connectivity index (χ0n) is 17.4. The van der Waals surface area contributed by atoms with Crippen molar-refractivity contribution < 1.29 is 27.4 Å². The van der Waals surface area contributed by atoms with E-state index in [1.54, 1.807) is 42.5 Å². The molecule has 1 amide bonds. The number of halogens is 1. The Labute approximate surface area is 185 Å². The van der Waals surface area contributed by atoms with E-state index in [1.807, 2.05) is 0 Å². The summed E-state index contributed by atoms with van der Waals surface area (Å²) in [6.07, 6.45) is 1.50. The number of phenolic OH excluding ortho intramolecular Hbond substituents is 1. The fraction of sp³-hybridized carbons (Fsp3) is 0.174. The zero-order chi connectivity index (χ0) is 23.0. The van der Waals surface area contributed by atoms with E-state index in [2.05, 4.69) is 4.72 Å². The van der Waals surface area contributed by atoms with Gasteiger partial charge in [-0.1, -0.05) is 24.3 Å². The number of sulfonamides is 1. The molecule has 0 bridgehead atoms. The molecule has 0 spiro atoms. The zero-order valence-corrected chi connectivity index (χ0v) is 18.2. The van der Waals surface area contributed by atoms with E-state index in [9.17, 15) is 22.7 Å². The Balaban J connectivity index is 1.66. The highest BCUT2D eigenvalue weighted by molar-refractivity contribution is 7.92. The number of fused-ring (bicyclic) bond motifs is 1. The van der Waals surface area contributed by atoms with Crippen LogP contribution in [0.2, 0.25) is 0 Å². The van der Waals surface area contributed by atoms with Crippen molar-refractivity contribution in [1.82, 2.24) is 0 Å². The van der Waals surface area contributed by atoms with E-state index in [1.165, 1.54) is 24.1 Å². The Morgan fingerprint density at radius 3 is 2.59 bits per heavy atom. The van der Waals surface area contributed by atoms with Gasteiger partial charge in [-0.05, 0) is 47.9 Å². The second-order valence-corrected chi connectivity index (χ2v) is 9.22. The van der Waals surface area contributed by atoms with Gasteiger partial charge in [0.15, 0.2) is 11.6 Å². The van der Waals surface area contributed by atoms with E-state index < -0.39 is 15.8 Å². The minimum Gasteiger partial charge on any atom is -0.506 e. The number of benzene rings is 3. The lowest BCUT2D eigenvalue weighted by atomic mass is 9.93. The SMILES string of the molecule is COc1cccc(-c2ccc3c(c2)CCN(c2ccc(O)c(NS(C)(=O)=O)c2)C3=O)c1F. The van der Waals surface area contributed by atoms with Crippen molar-refractivity contribution >= 4 is 27.3 Å². The molecular formula is C23H21FN2O5S. The number of nitrogens with one attached hydrogen (secondary N) is 1. The summed E-state index contributed by atoms with van der Waals surface area (Å²) in [7, 11) is -2.20. The summed E-state index contributed by atoms with van der Waals surface area (Å²) in [5, 5.41) is 9.95. The number of rotatable bonds is 5. The predicted molar refractivity (Wildman–Crippen MR) is 120 cm³/mol. The number of phenols is 1. The number of anilines is 2. The van der Waals surface area contributed by atoms with E-state index in [-0.39, 0.29) is 23.1 Å². The van der Waals surface area contributed by atoms with Crippen LogP contribution in [0.1, 0.15) is 15.9 Å². The molecular weight excluding hydrogens is 435 g/mol. The summed E-state index contributed by atoms with van der Waals surface area (Å²) >= 11 is 0. The standard InChI is InChI=1S/C23H21FN2O5S/c1-31-21-5-3-4-17(22(21)24)14-6-8-18-15(12-14)10-11-26(23(18)28)16-7-9-20(27)19(13-16)25-32(2,29)30/h3-9,12-13,25,27H,10-11H2,1-2H3. The lowest BCUT2D eigenvalue weighted by Crippen LogP contribution is -2.37. The second kappa shape index (κ2) is 8.16. The number of hydrogen-bond acceptors (Lipinski definition) is 5. The first-order valence-corrected chi connectivity index (χ1v) is 11.7. The van der Waals surface area contributed by atoms with Gasteiger partial charge in [0.1, 0.15) is 5.75 Å². The largest absolute Gasteiger partial charge is 0.506 e. The lowest BCUT2D eigenvalue weighted by molar-refractivity contribution is 0.0980. The Bertz CT molecular complexity index is 1320. The molecule has 2 N–H and O–H groups in total. The van der Waals surface area contributed by atoms with Crippen LogP contribution in [-0.2, 0) is 16.4 Å². The van der Waals surface area contributed by atoms with Crippen LogP contribution in [0.15, 0.2) is 54.6 Å². The first-order valence-electron chi connectivity index (χ1n) is 9.76. The van der Waals surface area contributed by atoms with Gasteiger partial charge in [-0.15, -0.1) is 0 Å². The smallest absolute Gasteiger partial charge is 0.258 e. The minimum atomic E-state index is -3.60. The van der Waals surface area contributed by atoms with Crippen molar-refractivity contribution in [3.05, 3.63) is 71.5 Å². The summed E-state index contributed by atoms with van der Waals surface area (Å²) in [5.41, 5.74) is 2.75. The number of nitrogens with zero attached hydrogens (tertiary/aromatic N) is 1. The maximum Gasteiger partial charge on any atom is 0.258 e. The average Bonchev–Trinajstić information content (AvgIpc) is 2.75. The number of methoxy groups -OCH3 is 1. The fourth-order valence-electron chi connectivity index (χ4n) is 3.77. The number of hydrogen-bond donors (Lipinski definition) is 2. The monoisotopic (exact) mass is 456 g/mol. The normalized spacial score (nSPS) is 13.6. The van der Waals surface area contributed by atoms with Crippen LogP contribution in [0.4, 0.5) is 15.8 Å². The highest BCUT2D eigenvalue weighted by atomic mass is 32.2. The predicted octanol–water partition coefficient (Wildman–Crippen LogP) is 3.78. The van der Waals surface area contributed by atoms with Crippen LogP contribution in [0, 0.1) is 5.82 Å². The topological polar surface area (TPSA) is 95.9 Å². The summed E-state index contributed by atoms with van der Waals surface area (Å²) in [6, 6.07) is 14.4. The molecule has 4 rings (SSSR count). The van der Waals surface area contributed by atoms with Crippen molar-refractivity contribution in [3.63, 3.8) is 0 Å². The molecule has 0 unspecified atom stereocenters. The fourth-order valence-corrected chi connectivity index (χ4v) is 4.33. The van der Waals surface area contributed by atoms with E-state index >= 15 is 0 Å². The molecule has 0 aliphatic carbocycles. The van der Waals surface area contributed by atoms with E-state index in [4.69, 9.17) is 4.74 Å². The lowest BCUT2D eigenvalue weighted by Gasteiger charge is -2.29. The summed E-state index contributed by atoms with van der Waals surface area (Å²) < 4.78 is 45.1. The number of carbonyl (C=O) groups excluding carboxylic acids is 1. The van der Waals surface area contributed by atoms with E-state index in [0.29, 0.717) is 35.3 Å². The van der Waals surface area contributed by atoms with Crippen molar-refractivity contribution in [2.24, 2.45) is 0 Å². The van der Waals surface area contributed by atoms with Gasteiger partial charge in [0.25, 0.3) is 5.91 Å². The van der Waals surface area contributed by atoms with Crippen molar-refractivity contribution in [2.45, 2.75) is 6.42 Å². The highest BCUT2D eigenvalue weighted by Gasteiger charge is 2.27. The van der Waals surface area contributed by atoms with Crippen LogP contribution in [-0.4, -0.2) is 39.3 Å². The van der Waals surface area contributed by atoms with Gasteiger partial charge in [-0.25, -0.2) is 12.8 Å². The van der Waals surface area contributed by atoms with Gasteiger partial charge in [-0.3, -0.25) is 9.52 Å². The average molecular weight is 456 g/mol. The Morgan fingerprint density at radius 1 is 1.09 bits per heavy atom. The molecule has 1 heterocycles. The maximum absolute atomic E-state index is 14.7. The van der Waals surface area contributed by atoms with Crippen LogP contribution in [0.25, 0.3) is 11.1 Å². The van der Waals surface area contributed by atoms with Gasteiger partial charge >= 0.3 is 0 Å². The molecule has 0 saturated carbocycles. The molecule has 1 aliphatic rings. The van der Waals surface area contributed by atoms with Crippen molar-refractivity contribution in [2.75, 3.05) is 29.5 Å². The van der Waals surface area contributed by atoms with Gasteiger partial charge in [-0.2, -0.15) is 0 Å². The van der Waals surface area contributed by atoms with Gasteiger partial charge in [0, 0.05) is 23.4 Å². The van der Waals surface area contributed by atoms with Crippen LogP contribution in [0.3, 0.4) is 0 Å². The van der Waals surface area contributed by atoms with E-state index in [0.717, 1.165) is 11.8 Å². The summed E-state index contributed by atoms with van der Waals surface area (Å²) in [4.78, 5) is 14.7. The molecule has 7 nitrogen and oxygen atoms in total. The van der Waals surface area contributed by atoms with Crippen LogP contribution in [0.5, 0.6) is 11.5 Å². The van der Waals surface area contributed by atoms with Crippen LogP contribution >= 0.6 is 0 Å². The highest BCUT2D eigenvalue weighted by Crippen LogP contribution is 2.34. The Morgan fingerprint density at radius 2 is 1.88 bits per heavy atom. The molecule has 3 aromatic rings. The van der Waals surface area contributed by atoms with Gasteiger partial charge in [0.05, 0.1) is 19.1 Å². The molecule has 0 atom stereocenters. The maximum atomic E-state index is 14.7. The molecule has 0 saturated heterocycles. The quantitative estimate of drug-likeness (QED) is 0.570. The first-order chi connectivity index (χ1) is 15.2. The molecule has 166 valence electrons. The Hall–Kier alpha value is -3.59. The second-order valence-electron chi connectivity index (χ2n) is 7.48. The van der Waals surface area contributed by atoms with Crippen LogP contribution < -0.4 is 14.4 Å². The number of amides is 1. The minimum absolute atomic E-state index is 0.00700. The molecule has 0 aromatic heterocycles. The third-order valence-corrected chi connectivity index (χ3v) is 5.86. The Kier molecular flexibility index (Phi) is 5.52. The summed E-state index contributed by atoms with van der Waals surface area (Å²) in [5.74, 6) is -0.823. The van der Waals surface area contributed by atoms with Crippen molar-refractivity contribution in [1.29, 1.82) is 0 Å². The number of carbonyl (C=O) groups is 1. The molecule has 1 aliphatic heterocycles. The molecule has 32 heavy (non-hydrogen) atoms. The van der Waals surface area contributed by atoms with Gasteiger partial charge < -0.3 is 14.7 Å². The number of ether oxygens (including phenoxy) is 1. The molecule has 9 heteroatoms. The molecule has 3 aromatic carbocycles. The first kappa shape index (κ1) is 21.6. The number of aromatic hydroxyl groups is 1. The van der Waals surface area contributed by atoms with Crippen molar-refractivity contribution in [3.8, 4) is 22.6 Å². The third kappa shape index (κ3) is 4.11. The third-order valence-electron chi connectivity index (χ3n) is 5.27.